The van der Waals surface area contributed by atoms with Gasteiger partial charge in [-0.15, -0.1) is 0 Å². The normalized spacial score (nSPS) is 19.1. The van der Waals surface area contributed by atoms with Crippen LogP contribution in [0.25, 0.3) is 0 Å². The lowest BCUT2D eigenvalue weighted by Gasteiger charge is -2.24. The van der Waals surface area contributed by atoms with E-state index >= 15 is 0 Å². The van der Waals surface area contributed by atoms with Gasteiger partial charge in [0, 0.05) is 45.0 Å². The van der Waals surface area contributed by atoms with E-state index in [-0.39, 0.29) is 30.2 Å². The first kappa shape index (κ1) is 19.1. The standard InChI is InChI=1S/C20H27N5O2/c1-13-6-5-7-14(2)19(13)23-18(26)12-24(3)20(27)17-10-21-9-16(17)15-8-22-25(4)11-15/h5-8,11,16-17,21H,9-10,12H2,1-4H3,(H,23,26)/t16-,17+/m1/s1. The lowest BCUT2D eigenvalue weighted by molar-refractivity contribution is -0.136. The van der Waals surface area contributed by atoms with Crippen molar-refractivity contribution in [2.75, 3.05) is 32.0 Å². The molecule has 2 amide bonds. The molecular weight excluding hydrogens is 342 g/mol. The molecule has 1 aromatic carbocycles. The van der Waals surface area contributed by atoms with Gasteiger partial charge >= 0.3 is 0 Å². The maximum atomic E-state index is 12.9. The molecule has 2 heterocycles. The van der Waals surface area contributed by atoms with Gasteiger partial charge in [0.25, 0.3) is 0 Å². The zero-order valence-electron chi connectivity index (χ0n) is 16.3. The number of likely N-dealkylation sites (N-methyl/N-ethyl adjacent to an activating group) is 1. The van der Waals surface area contributed by atoms with E-state index in [0.717, 1.165) is 28.9 Å². The molecular formula is C20H27N5O2. The molecule has 0 radical (unpaired) electrons. The summed E-state index contributed by atoms with van der Waals surface area (Å²) in [5.41, 5.74) is 3.89. The van der Waals surface area contributed by atoms with Crippen LogP contribution in [0.1, 0.15) is 22.6 Å². The number of anilines is 1. The molecule has 0 unspecified atom stereocenters. The van der Waals surface area contributed by atoms with Gasteiger partial charge in [-0.1, -0.05) is 18.2 Å². The lowest BCUT2D eigenvalue weighted by atomic mass is 9.90. The quantitative estimate of drug-likeness (QED) is 0.836. The van der Waals surface area contributed by atoms with Crippen molar-refractivity contribution >= 4 is 17.5 Å². The molecule has 1 aliphatic heterocycles. The second-order valence-electron chi connectivity index (χ2n) is 7.33. The molecule has 1 aliphatic rings. The van der Waals surface area contributed by atoms with E-state index in [9.17, 15) is 9.59 Å². The van der Waals surface area contributed by atoms with Gasteiger partial charge < -0.3 is 15.5 Å². The number of aromatic nitrogens is 2. The SMILES string of the molecule is Cc1cccc(C)c1NC(=O)CN(C)C(=O)[C@H]1CNC[C@@H]1c1cnn(C)c1. The van der Waals surface area contributed by atoms with E-state index in [1.807, 2.05) is 51.5 Å². The maximum Gasteiger partial charge on any atom is 0.243 e. The molecule has 2 N–H and O–H groups in total. The highest BCUT2D eigenvalue weighted by molar-refractivity contribution is 5.96. The van der Waals surface area contributed by atoms with Crippen LogP contribution in [0.3, 0.4) is 0 Å². The fraction of sp³-hybridized carbons (Fsp3) is 0.450. The monoisotopic (exact) mass is 369 g/mol. The first-order valence-electron chi connectivity index (χ1n) is 9.17. The molecule has 2 aromatic rings. The van der Waals surface area contributed by atoms with Crippen molar-refractivity contribution in [2.24, 2.45) is 13.0 Å². The average molecular weight is 369 g/mol. The number of benzene rings is 1. The number of amides is 2. The molecule has 0 saturated carbocycles. The van der Waals surface area contributed by atoms with E-state index in [0.29, 0.717) is 6.54 Å². The molecule has 0 aliphatic carbocycles. The Morgan fingerprint density at radius 2 is 2.00 bits per heavy atom. The van der Waals surface area contributed by atoms with Crippen LogP contribution in [-0.2, 0) is 16.6 Å². The molecule has 7 heteroatoms. The van der Waals surface area contributed by atoms with Gasteiger partial charge in [0.2, 0.25) is 11.8 Å². The molecule has 0 spiro atoms. The molecule has 2 atom stereocenters. The van der Waals surface area contributed by atoms with Crippen LogP contribution >= 0.6 is 0 Å². The second-order valence-corrected chi connectivity index (χ2v) is 7.33. The van der Waals surface area contributed by atoms with E-state index in [2.05, 4.69) is 15.7 Å². The van der Waals surface area contributed by atoms with E-state index < -0.39 is 0 Å². The average Bonchev–Trinajstić information content (AvgIpc) is 3.26. The summed E-state index contributed by atoms with van der Waals surface area (Å²) in [6, 6.07) is 5.88. The third-order valence-corrected chi connectivity index (χ3v) is 5.19. The number of nitrogens with zero attached hydrogens (tertiary/aromatic N) is 3. The number of carbonyl (C=O) groups is 2. The van der Waals surface area contributed by atoms with Crippen LogP contribution in [0, 0.1) is 19.8 Å². The number of aryl methyl sites for hydroxylation is 3. The van der Waals surface area contributed by atoms with Crippen LogP contribution < -0.4 is 10.6 Å². The Morgan fingerprint density at radius 1 is 1.30 bits per heavy atom. The predicted molar refractivity (Wildman–Crippen MR) is 104 cm³/mol. The molecule has 144 valence electrons. The van der Waals surface area contributed by atoms with Crippen molar-refractivity contribution in [2.45, 2.75) is 19.8 Å². The van der Waals surface area contributed by atoms with Crippen molar-refractivity contribution in [3.8, 4) is 0 Å². The number of hydrogen-bond acceptors (Lipinski definition) is 4. The summed E-state index contributed by atoms with van der Waals surface area (Å²) in [6.07, 6.45) is 3.76. The van der Waals surface area contributed by atoms with Crippen LogP contribution in [0.5, 0.6) is 0 Å². The van der Waals surface area contributed by atoms with Crippen molar-refractivity contribution < 1.29 is 9.59 Å². The van der Waals surface area contributed by atoms with Gasteiger partial charge in [-0.25, -0.2) is 0 Å². The van der Waals surface area contributed by atoms with E-state index in [1.54, 1.807) is 11.7 Å². The van der Waals surface area contributed by atoms with Crippen molar-refractivity contribution in [1.82, 2.24) is 20.0 Å². The summed E-state index contributed by atoms with van der Waals surface area (Å²) < 4.78 is 1.75. The van der Waals surface area contributed by atoms with Gasteiger partial charge in [-0.3, -0.25) is 14.3 Å². The van der Waals surface area contributed by atoms with Gasteiger partial charge in [-0.05, 0) is 30.5 Å². The van der Waals surface area contributed by atoms with E-state index in [4.69, 9.17) is 0 Å². The molecule has 3 rings (SSSR count). The van der Waals surface area contributed by atoms with Gasteiger partial charge in [0.1, 0.15) is 0 Å². The Bertz CT molecular complexity index is 824. The zero-order valence-corrected chi connectivity index (χ0v) is 16.3. The van der Waals surface area contributed by atoms with Gasteiger partial charge in [0.15, 0.2) is 0 Å². The topological polar surface area (TPSA) is 79.3 Å². The Balaban J connectivity index is 1.64. The molecule has 7 nitrogen and oxygen atoms in total. The zero-order chi connectivity index (χ0) is 19.6. The van der Waals surface area contributed by atoms with Crippen LogP contribution in [0.15, 0.2) is 30.6 Å². The highest BCUT2D eigenvalue weighted by Gasteiger charge is 2.36. The van der Waals surface area contributed by atoms with Crippen LogP contribution in [0.4, 0.5) is 5.69 Å². The number of rotatable bonds is 5. The number of para-hydroxylation sites is 1. The fourth-order valence-electron chi connectivity index (χ4n) is 3.69. The minimum atomic E-state index is -0.188. The van der Waals surface area contributed by atoms with Gasteiger partial charge in [0.05, 0.1) is 18.7 Å². The first-order valence-corrected chi connectivity index (χ1v) is 9.17. The summed E-state index contributed by atoms with van der Waals surface area (Å²) in [6.45, 7) is 5.30. The summed E-state index contributed by atoms with van der Waals surface area (Å²) in [4.78, 5) is 26.9. The van der Waals surface area contributed by atoms with Crippen LogP contribution in [-0.4, -0.2) is 53.2 Å². The van der Waals surface area contributed by atoms with Crippen LogP contribution in [0.2, 0.25) is 0 Å². The highest BCUT2D eigenvalue weighted by atomic mass is 16.2. The molecule has 27 heavy (non-hydrogen) atoms. The Labute approximate surface area is 159 Å². The molecule has 0 bridgehead atoms. The van der Waals surface area contributed by atoms with Crippen molar-refractivity contribution in [3.63, 3.8) is 0 Å². The Kier molecular flexibility index (Phi) is 5.60. The molecule has 1 saturated heterocycles. The highest BCUT2D eigenvalue weighted by Crippen LogP contribution is 2.29. The van der Waals surface area contributed by atoms with E-state index in [1.165, 1.54) is 4.90 Å². The maximum absolute atomic E-state index is 12.9. The second kappa shape index (κ2) is 7.92. The number of nitrogens with one attached hydrogen (secondary N) is 2. The Morgan fingerprint density at radius 3 is 2.63 bits per heavy atom. The summed E-state index contributed by atoms with van der Waals surface area (Å²) in [7, 11) is 3.55. The summed E-state index contributed by atoms with van der Waals surface area (Å²) >= 11 is 0. The molecule has 1 aromatic heterocycles. The minimum absolute atomic E-state index is 0.0227. The molecule has 1 fully saturated rings. The van der Waals surface area contributed by atoms with Crippen molar-refractivity contribution in [1.29, 1.82) is 0 Å². The third-order valence-electron chi connectivity index (χ3n) is 5.19. The van der Waals surface area contributed by atoms with Crippen molar-refractivity contribution in [3.05, 3.63) is 47.3 Å². The minimum Gasteiger partial charge on any atom is -0.336 e. The summed E-state index contributed by atoms with van der Waals surface area (Å²) in [5, 5.41) is 10.4. The lowest BCUT2D eigenvalue weighted by Crippen LogP contribution is -2.40. The smallest absolute Gasteiger partial charge is 0.243 e. The number of hydrogen-bond donors (Lipinski definition) is 2. The fourth-order valence-corrected chi connectivity index (χ4v) is 3.69. The first-order chi connectivity index (χ1) is 12.9. The summed E-state index contributed by atoms with van der Waals surface area (Å²) in [5.74, 6) is -0.319. The largest absolute Gasteiger partial charge is 0.336 e. The number of carbonyl (C=O) groups excluding carboxylic acids is 2. The predicted octanol–water partition coefficient (Wildman–Crippen LogP) is 1.44. The third kappa shape index (κ3) is 4.19. The Hall–Kier alpha value is -2.67. The van der Waals surface area contributed by atoms with Gasteiger partial charge in [-0.2, -0.15) is 5.10 Å².